The lowest BCUT2D eigenvalue weighted by molar-refractivity contribution is 0.410. The maximum atomic E-state index is 5.36. The summed E-state index contributed by atoms with van der Waals surface area (Å²) in [6.07, 6.45) is 2.79. The second kappa shape index (κ2) is 6.64. The van der Waals surface area contributed by atoms with Gasteiger partial charge in [-0.2, -0.15) is 0 Å². The number of para-hydroxylation sites is 2. The summed E-state index contributed by atoms with van der Waals surface area (Å²) in [5.41, 5.74) is 3.55. The van der Waals surface area contributed by atoms with Crippen molar-refractivity contribution in [2.24, 2.45) is 0 Å². The molecule has 0 unspecified atom stereocenters. The monoisotopic (exact) mass is 253 g/mol. The fraction of sp³-hybridized carbons (Fsp3) is 0.176. The first kappa shape index (κ1) is 13.2. The Morgan fingerprint density at radius 3 is 2.47 bits per heavy atom. The average Bonchev–Trinajstić information content (AvgIpc) is 2.47. The Labute approximate surface area is 114 Å². The Morgan fingerprint density at radius 1 is 1.05 bits per heavy atom. The van der Waals surface area contributed by atoms with Crippen molar-refractivity contribution in [1.29, 1.82) is 0 Å². The number of rotatable bonds is 6. The van der Waals surface area contributed by atoms with Crippen LogP contribution in [-0.4, -0.2) is 7.11 Å². The third kappa shape index (κ3) is 3.38. The number of benzene rings is 2. The summed E-state index contributed by atoms with van der Waals surface area (Å²) in [5.74, 6) is 0.913. The second-order valence-corrected chi connectivity index (χ2v) is 4.32. The van der Waals surface area contributed by atoms with E-state index in [4.69, 9.17) is 4.74 Å². The first-order valence-electron chi connectivity index (χ1n) is 6.39. The Kier molecular flexibility index (Phi) is 4.62. The van der Waals surface area contributed by atoms with Crippen molar-refractivity contribution in [3.05, 3.63) is 72.3 Å². The zero-order valence-corrected chi connectivity index (χ0v) is 11.2. The van der Waals surface area contributed by atoms with Crippen molar-refractivity contribution < 1.29 is 4.74 Å². The van der Waals surface area contributed by atoms with Crippen LogP contribution >= 0.6 is 0 Å². The molecular formula is C17H19NO. The van der Waals surface area contributed by atoms with Crippen LogP contribution in [0.4, 0.5) is 5.69 Å². The molecule has 19 heavy (non-hydrogen) atoms. The highest BCUT2D eigenvalue weighted by Gasteiger charge is 2.03. The molecular weight excluding hydrogens is 234 g/mol. The highest BCUT2D eigenvalue weighted by atomic mass is 16.5. The van der Waals surface area contributed by atoms with Crippen molar-refractivity contribution >= 4 is 5.69 Å². The normalized spacial score (nSPS) is 9.95. The topological polar surface area (TPSA) is 21.3 Å². The van der Waals surface area contributed by atoms with E-state index in [1.165, 1.54) is 5.56 Å². The van der Waals surface area contributed by atoms with Gasteiger partial charge < -0.3 is 10.1 Å². The quantitative estimate of drug-likeness (QED) is 0.785. The zero-order chi connectivity index (χ0) is 13.5. The molecule has 2 aromatic carbocycles. The van der Waals surface area contributed by atoms with E-state index in [0.717, 1.165) is 30.0 Å². The summed E-state index contributed by atoms with van der Waals surface area (Å²) in [6, 6.07) is 16.3. The molecule has 0 amide bonds. The smallest absolute Gasteiger partial charge is 0.123 e. The molecule has 98 valence electrons. The molecule has 1 N–H and O–H groups in total. The molecule has 0 fully saturated rings. The lowest BCUT2D eigenvalue weighted by atomic mass is 10.1. The molecule has 0 atom stereocenters. The van der Waals surface area contributed by atoms with Crippen molar-refractivity contribution in [3.8, 4) is 5.75 Å². The van der Waals surface area contributed by atoms with Crippen LogP contribution in [0.5, 0.6) is 5.75 Å². The molecule has 0 aliphatic rings. The lowest BCUT2D eigenvalue weighted by Crippen LogP contribution is -2.03. The van der Waals surface area contributed by atoms with E-state index in [-0.39, 0.29) is 0 Å². The lowest BCUT2D eigenvalue weighted by Gasteiger charge is -2.13. The van der Waals surface area contributed by atoms with Crippen LogP contribution in [0.15, 0.2) is 61.2 Å². The number of hydrogen-bond acceptors (Lipinski definition) is 2. The number of ether oxygens (including phenoxy) is 1. The fourth-order valence-corrected chi connectivity index (χ4v) is 2.07. The molecule has 0 aromatic heterocycles. The van der Waals surface area contributed by atoms with Crippen LogP contribution in [0.2, 0.25) is 0 Å². The SMILES string of the molecule is C=CCc1ccccc1NCc1ccccc1OC. The van der Waals surface area contributed by atoms with Crippen LogP contribution < -0.4 is 10.1 Å². The van der Waals surface area contributed by atoms with Crippen molar-refractivity contribution in [2.45, 2.75) is 13.0 Å². The summed E-state index contributed by atoms with van der Waals surface area (Å²) < 4.78 is 5.36. The molecule has 0 heterocycles. The largest absolute Gasteiger partial charge is 0.496 e. The van der Waals surface area contributed by atoms with Gasteiger partial charge in [-0.05, 0) is 24.1 Å². The molecule has 2 aromatic rings. The minimum Gasteiger partial charge on any atom is -0.496 e. The summed E-state index contributed by atoms with van der Waals surface area (Å²) >= 11 is 0. The van der Waals surface area contributed by atoms with E-state index in [1.807, 2.05) is 36.4 Å². The third-order valence-electron chi connectivity index (χ3n) is 3.04. The van der Waals surface area contributed by atoms with E-state index in [0.29, 0.717) is 0 Å². The van der Waals surface area contributed by atoms with Crippen LogP contribution in [0.25, 0.3) is 0 Å². The first-order chi connectivity index (χ1) is 9.35. The van der Waals surface area contributed by atoms with E-state index in [9.17, 15) is 0 Å². The van der Waals surface area contributed by atoms with Crippen LogP contribution in [0, 0.1) is 0 Å². The van der Waals surface area contributed by atoms with E-state index >= 15 is 0 Å². The maximum absolute atomic E-state index is 5.36. The summed E-state index contributed by atoms with van der Waals surface area (Å²) in [5, 5.41) is 3.46. The van der Waals surface area contributed by atoms with Gasteiger partial charge >= 0.3 is 0 Å². The van der Waals surface area contributed by atoms with Crippen LogP contribution in [0.1, 0.15) is 11.1 Å². The maximum Gasteiger partial charge on any atom is 0.123 e. The second-order valence-electron chi connectivity index (χ2n) is 4.32. The van der Waals surface area contributed by atoms with Gasteiger partial charge in [-0.15, -0.1) is 6.58 Å². The number of anilines is 1. The van der Waals surface area contributed by atoms with Gasteiger partial charge in [0.25, 0.3) is 0 Å². The summed E-state index contributed by atoms with van der Waals surface area (Å²) in [4.78, 5) is 0. The third-order valence-corrected chi connectivity index (χ3v) is 3.04. The molecule has 2 nitrogen and oxygen atoms in total. The predicted molar refractivity (Wildman–Crippen MR) is 80.7 cm³/mol. The molecule has 0 spiro atoms. The Balaban J connectivity index is 2.12. The van der Waals surface area contributed by atoms with E-state index in [1.54, 1.807) is 7.11 Å². The predicted octanol–water partition coefficient (Wildman–Crippen LogP) is 4.04. The van der Waals surface area contributed by atoms with Crippen molar-refractivity contribution in [2.75, 3.05) is 12.4 Å². The molecule has 0 saturated carbocycles. The zero-order valence-electron chi connectivity index (χ0n) is 11.2. The van der Waals surface area contributed by atoms with Gasteiger partial charge in [0.2, 0.25) is 0 Å². The summed E-state index contributed by atoms with van der Waals surface area (Å²) in [7, 11) is 1.70. The molecule has 0 saturated heterocycles. The van der Waals surface area contributed by atoms with E-state index in [2.05, 4.69) is 30.1 Å². The Hall–Kier alpha value is -2.22. The van der Waals surface area contributed by atoms with Crippen molar-refractivity contribution in [1.82, 2.24) is 0 Å². The fourth-order valence-electron chi connectivity index (χ4n) is 2.07. The van der Waals surface area contributed by atoms with E-state index < -0.39 is 0 Å². The van der Waals surface area contributed by atoms with Crippen LogP contribution in [-0.2, 0) is 13.0 Å². The Morgan fingerprint density at radius 2 is 1.74 bits per heavy atom. The highest BCUT2D eigenvalue weighted by molar-refractivity contribution is 5.52. The van der Waals surface area contributed by atoms with Gasteiger partial charge in [-0.25, -0.2) is 0 Å². The number of hydrogen-bond donors (Lipinski definition) is 1. The molecule has 2 rings (SSSR count). The molecule has 0 bridgehead atoms. The van der Waals surface area contributed by atoms with Gasteiger partial charge in [-0.1, -0.05) is 42.5 Å². The first-order valence-corrected chi connectivity index (χ1v) is 6.39. The average molecular weight is 253 g/mol. The Bertz CT molecular complexity index is 548. The minimum absolute atomic E-state index is 0.748. The van der Waals surface area contributed by atoms with Crippen LogP contribution in [0.3, 0.4) is 0 Å². The number of nitrogens with one attached hydrogen (secondary N) is 1. The number of methoxy groups -OCH3 is 1. The highest BCUT2D eigenvalue weighted by Crippen LogP contribution is 2.21. The van der Waals surface area contributed by atoms with Gasteiger partial charge in [0.15, 0.2) is 0 Å². The van der Waals surface area contributed by atoms with Crippen molar-refractivity contribution in [3.63, 3.8) is 0 Å². The molecule has 0 aliphatic heterocycles. The minimum atomic E-state index is 0.748. The van der Waals surface area contributed by atoms with Gasteiger partial charge in [0, 0.05) is 17.8 Å². The molecule has 2 heteroatoms. The number of allylic oxidation sites excluding steroid dienone is 1. The molecule has 0 radical (unpaired) electrons. The van der Waals surface area contributed by atoms with Gasteiger partial charge in [0.1, 0.15) is 5.75 Å². The summed E-state index contributed by atoms with van der Waals surface area (Å²) in [6.45, 7) is 4.54. The standard InChI is InChI=1S/C17H19NO/c1-3-8-14-9-4-6-11-16(14)18-13-15-10-5-7-12-17(15)19-2/h3-7,9-12,18H,1,8,13H2,2H3. The molecule has 0 aliphatic carbocycles. The van der Waals surface area contributed by atoms with Gasteiger partial charge in [-0.3, -0.25) is 0 Å². The van der Waals surface area contributed by atoms with Gasteiger partial charge in [0.05, 0.1) is 7.11 Å².